The van der Waals surface area contributed by atoms with Crippen LogP contribution in [0.4, 0.5) is 5.69 Å². The van der Waals surface area contributed by atoms with E-state index in [4.69, 9.17) is 0 Å². The van der Waals surface area contributed by atoms with E-state index < -0.39 is 0 Å². The molecule has 0 spiro atoms. The SMILES string of the molecule is CC1CC1C(=O)Nc1cnn(CC2CC2)c1. The highest BCUT2D eigenvalue weighted by Gasteiger charge is 2.39. The molecule has 0 bridgehead atoms. The van der Waals surface area contributed by atoms with E-state index >= 15 is 0 Å². The molecule has 16 heavy (non-hydrogen) atoms. The van der Waals surface area contributed by atoms with E-state index in [1.165, 1.54) is 12.8 Å². The molecule has 0 aliphatic heterocycles. The highest BCUT2D eigenvalue weighted by atomic mass is 16.2. The minimum atomic E-state index is 0.151. The van der Waals surface area contributed by atoms with Crippen molar-refractivity contribution in [3.8, 4) is 0 Å². The molecule has 1 N–H and O–H groups in total. The second kappa shape index (κ2) is 3.61. The highest BCUT2D eigenvalue weighted by Crippen LogP contribution is 2.38. The Morgan fingerprint density at radius 3 is 3.00 bits per heavy atom. The van der Waals surface area contributed by atoms with E-state index in [1.54, 1.807) is 6.20 Å². The maximum Gasteiger partial charge on any atom is 0.227 e. The van der Waals surface area contributed by atoms with Crippen molar-refractivity contribution in [1.82, 2.24) is 9.78 Å². The van der Waals surface area contributed by atoms with Crippen LogP contribution in [0.1, 0.15) is 26.2 Å². The third-order valence-electron chi connectivity index (χ3n) is 3.49. The van der Waals surface area contributed by atoms with Crippen molar-refractivity contribution in [2.45, 2.75) is 32.7 Å². The number of carbonyl (C=O) groups is 1. The Morgan fingerprint density at radius 1 is 1.62 bits per heavy atom. The van der Waals surface area contributed by atoms with Crippen LogP contribution in [0.2, 0.25) is 0 Å². The van der Waals surface area contributed by atoms with Crippen LogP contribution >= 0.6 is 0 Å². The number of anilines is 1. The molecule has 2 aliphatic carbocycles. The molecule has 1 amide bonds. The Morgan fingerprint density at radius 2 is 2.38 bits per heavy atom. The van der Waals surface area contributed by atoms with Gasteiger partial charge in [0.05, 0.1) is 11.9 Å². The lowest BCUT2D eigenvalue weighted by atomic mass is 10.3. The van der Waals surface area contributed by atoms with Gasteiger partial charge in [0.2, 0.25) is 5.91 Å². The van der Waals surface area contributed by atoms with Crippen LogP contribution in [-0.4, -0.2) is 15.7 Å². The van der Waals surface area contributed by atoms with Crippen molar-refractivity contribution in [3.05, 3.63) is 12.4 Å². The molecule has 2 fully saturated rings. The van der Waals surface area contributed by atoms with Gasteiger partial charge in [-0.15, -0.1) is 0 Å². The standard InChI is InChI=1S/C12H17N3O/c1-8-4-11(8)12(16)14-10-5-13-15(7-10)6-9-2-3-9/h5,7-9,11H,2-4,6H2,1H3,(H,14,16). The van der Waals surface area contributed by atoms with Crippen molar-refractivity contribution < 1.29 is 4.79 Å². The second-order valence-electron chi connectivity index (χ2n) is 5.20. The van der Waals surface area contributed by atoms with Crippen molar-refractivity contribution in [2.24, 2.45) is 17.8 Å². The normalized spacial score (nSPS) is 27.8. The quantitative estimate of drug-likeness (QED) is 0.840. The Balaban J connectivity index is 1.57. The molecule has 2 aliphatic rings. The van der Waals surface area contributed by atoms with Crippen molar-refractivity contribution in [3.63, 3.8) is 0 Å². The van der Waals surface area contributed by atoms with Gasteiger partial charge in [0, 0.05) is 18.7 Å². The van der Waals surface area contributed by atoms with Gasteiger partial charge >= 0.3 is 0 Å². The molecular formula is C12H17N3O. The molecule has 0 radical (unpaired) electrons. The van der Waals surface area contributed by atoms with Gasteiger partial charge in [0.25, 0.3) is 0 Å². The molecule has 2 atom stereocenters. The topological polar surface area (TPSA) is 46.9 Å². The van der Waals surface area contributed by atoms with Crippen LogP contribution < -0.4 is 5.32 Å². The average molecular weight is 219 g/mol. The van der Waals surface area contributed by atoms with E-state index in [0.717, 1.165) is 24.6 Å². The number of hydrogen-bond acceptors (Lipinski definition) is 2. The van der Waals surface area contributed by atoms with Gasteiger partial charge in [-0.3, -0.25) is 9.48 Å². The van der Waals surface area contributed by atoms with Crippen molar-refractivity contribution >= 4 is 11.6 Å². The molecule has 1 heterocycles. The van der Waals surface area contributed by atoms with E-state index in [0.29, 0.717) is 5.92 Å². The van der Waals surface area contributed by atoms with E-state index in [2.05, 4.69) is 17.3 Å². The largest absolute Gasteiger partial charge is 0.323 e. The monoisotopic (exact) mass is 219 g/mol. The van der Waals surface area contributed by atoms with Gasteiger partial charge in [0.15, 0.2) is 0 Å². The fourth-order valence-corrected chi connectivity index (χ4v) is 2.02. The van der Waals surface area contributed by atoms with Crippen LogP contribution in [0.3, 0.4) is 0 Å². The summed E-state index contributed by atoms with van der Waals surface area (Å²) in [5.41, 5.74) is 0.838. The lowest BCUT2D eigenvalue weighted by Gasteiger charge is -2.00. The minimum Gasteiger partial charge on any atom is -0.323 e. The summed E-state index contributed by atoms with van der Waals surface area (Å²) in [6, 6.07) is 0. The molecule has 4 nitrogen and oxygen atoms in total. The molecule has 3 rings (SSSR count). The summed E-state index contributed by atoms with van der Waals surface area (Å²) in [6.45, 7) is 3.11. The van der Waals surface area contributed by atoms with Crippen LogP contribution in [0, 0.1) is 17.8 Å². The maximum absolute atomic E-state index is 11.7. The Hall–Kier alpha value is -1.32. The first-order valence-electron chi connectivity index (χ1n) is 6.05. The predicted molar refractivity (Wildman–Crippen MR) is 60.9 cm³/mol. The molecular weight excluding hydrogens is 202 g/mol. The average Bonchev–Trinajstić information content (AvgIpc) is 3.12. The van der Waals surface area contributed by atoms with Gasteiger partial charge < -0.3 is 5.32 Å². The number of carbonyl (C=O) groups excluding carboxylic acids is 1. The number of nitrogens with zero attached hydrogens (tertiary/aromatic N) is 2. The lowest BCUT2D eigenvalue weighted by Crippen LogP contribution is -2.13. The van der Waals surface area contributed by atoms with E-state index in [-0.39, 0.29) is 11.8 Å². The summed E-state index contributed by atoms with van der Waals surface area (Å²) < 4.78 is 1.93. The molecule has 1 aromatic heterocycles. The Labute approximate surface area is 95.0 Å². The maximum atomic E-state index is 11.7. The van der Waals surface area contributed by atoms with E-state index in [1.807, 2.05) is 10.9 Å². The van der Waals surface area contributed by atoms with Crippen LogP contribution in [0.15, 0.2) is 12.4 Å². The summed E-state index contributed by atoms with van der Waals surface area (Å²) in [5, 5.41) is 7.18. The van der Waals surface area contributed by atoms with Gasteiger partial charge in [-0.05, 0) is 31.1 Å². The summed E-state index contributed by atoms with van der Waals surface area (Å²) in [6.07, 6.45) is 7.35. The van der Waals surface area contributed by atoms with Gasteiger partial charge in [-0.2, -0.15) is 5.10 Å². The molecule has 1 aromatic rings. The smallest absolute Gasteiger partial charge is 0.227 e. The zero-order valence-corrected chi connectivity index (χ0v) is 9.52. The summed E-state index contributed by atoms with van der Waals surface area (Å²) in [5.74, 6) is 1.75. The lowest BCUT2D eigenvalue weighted by molar-refractivity contribution is -0.117. The first kappa shape index (κ1) is 9.87. The first-order chi connectivity index (χ1) is 7.72. The molecule has 4 heteroatoms. The molecule has 2 saturated carbocycles. The molecule has 0 aromatic carbocycles. The third-order valence-corrected chi connectivity index (χ3v) is 3.49. The summed E-state index contributed by atoms with van der Waals surface area (Å²) in [7, 11) is 0. The van der Waals surface area contributed by atoms with Gasteiger partial charge in [-0.25, -0.2) is 0 Å². The van der Waals surface area contributed by atoms with Crippen molar-refractivity contribution in [2.75, 3.05) is 5.32 Å². The fourth-order valence-electron chi connectivity index (χ4n) is 2.02. The number of hydrogen-bond donors (Lipinski definition) is 1. The number of nitrogens with one attached hydrogen (secondary N) is 1. The minimum absolute atomic E-state index is 0.151. The second-order valence-corrected chi connectivity index (χ2v) is 5.20. The zero-order valence-electron chi connectivity index (χ0n) is 9.52. The molecule has 86 valence electrons. The van der Waals surface area contributed by atoms with Crippen LogP contribution in [0.25, 0.3) is 0 Å². The van der Waals surface area contributed by atoms with Gasteiger partial charge in [0.1, 0.15) is 0 Å². The van der Waals surface area contributed by atoms with E-state index in [9.17, 15) is 4.79 Å². The molecule has 2 unspecified atom stereocenters. The summed E-state index contributed by atoms with van der Waals surface area (Å²) >= 11 is 0. The zero-order chi connectivity index (χ0) is 11.1. The summed E-state index contributed by atoms with van der Waals surface area (Å²) in [4.78, 5) is 11.7. The first-order valence-corrected chi connectivity index (χ1v) is 6.05. The highest BCUT2D eigenvalue weighted by molar-refractivity contribution is 5.94. The number of amides is 1. The van der Waals surface area contributed by atoms with Crippen LogP contribution in [0.5, 0.6) is 0 Å². The fraction of sp³-hybridized carbons (Fsp3) is 0.667. The predicted octanol–water partition coefficient (Wildman–Crippen LogP) is 1.89. The van der Waals surface area contributed by atoms with Crippen LogP contribution in [-0.2, 0) is 11.3 Å². The Bertz CT molecular complexity index is 408. The third kappa shape index (κ3) is 2.10. The number of rotatable bonds is 4. The molecule has 0 saturated heterocycles. The number of aromatic nitrogens is 2. The Kier molecular flexibility index (Phi) is 2.23. The van der Waals surface area contributed by atoms with Gasteiger partial charge in [-0.1, -0.05) is 6.92 Å². The van der Waals surface area contributed by atoms with Crippen molar-refractivity contribution in [1.29, 1.82) is 0 Å².